The lowest BCUT2D eigenvalue weighted by atomic mass is 10.1. The van der Waals surface area contributed by atoms with E-state index in [1.807, 2.05) is 0 Å². The molecule has 0 unspecified atom stereocenters. The van der Waals surface area contributed by atoms with E-state index in [1.54, 1.807) is 18.2 Å². The molecule has 1 amide bonds. The van der Waals surface area contributed by atoms with E-state index in [0.717, 1.165) is 0 Å². The Kier molecular flexibility index (Phi) is 5.18. The highest BCUT2D eigenvalue weighted by atomic mass is 79.9. The third-order valence-corrected chi connectivity index (χ3v) is 2.69. The maximum Gasteiger partial charge on any atom is 0.258 e. The van der Waals surface area contributed by atoms with Crippen LogP contribution in [-0.2, 0) is 0 Å². The molecule has 0 bridgehead atoms. The minimum Gasteiger partial charge on any atom is -0.507 e. The first-order valence-corrected chi connectivity index (χ1v) is 5.89. The fraction of sp³-hybridized carbons (Fsp3) is 0.250. The maximum atomic E-state index is 12.1. The van der Waals surface area contributed by atoms with Gasteiger partial charge in [-0.1, -0.05) is 22.0 Å². The van der Waals surface area contributed by atoms with Crippen molar-refractivity contribution in [3.05, 3.63) is 40.9 Å². The zero-order valence-electron chi connectivity index (χ0n) is 9.27. The summed E-state index contributed by atoms with van der Waals surface area (Å²) in [4.78, 5) is 13.5. The Hall–Kier alpha value is -1.33. The maximum absolute atomic E-state index is 12.1. The largest absolute Gasteiger partial charge is 0.507 e. The molecule has 0 fully saturated rings. The molecule has 4 nitrogen and oxygen atoms in total. The number of carbonyl (C=O) groups excluding carboxylic acids is 1. The SMILES string of the molecule is C=CCN(CCO)C(=O)c1cc(Br)ccc1O. The molecule has 0 aromatic heterocycles. The number of nitrogens with zero attached hydrogens (tertiary/aromatic N) is 1. The van der Waals surface area contributed by atoms with E-state index in [0.29, 0.717) is 11.0 Å². The second-order valence-corrected chi connectivity index (χ2v) is 4.34. The molecule has 0 aliphatic rings. The van der Waals surface area contributed by atoms with Crippen LogP contribution in [0.15, 0.2) is 35.3 Å². The summed E-state index contributed by atoms with van der Waals surface area (Å²) in [5, 5.41) is 18.5. The van der Waals surface area contributed by atoms with Gasteiger partial charge < -0.3 is 15.1 Å². The second kappa shape index (κ2) is 6.42. The molecule has 0 aliphatic heterocycles. The zero-order valence-corrected chi connectivity index (χ0v) is 10.9. The van der Waals surface area contributed by atoms with Gasteiger partial charge in [0, 0.05) is 17.6 Å². The van der Waals surface area contributed by atoms with Crippen molar-refractivity contribution in [3.63, 3.8) is 0 Å². The minimum absolute atomic E-state index is 0.0785. The van der Waals surface area contributed by atoms with Gasteiger partial charge in [-0.15, -0.1) is 6.58 Å². The third-order valence-electron chi connectivity index (χ3n) is 2.20. The summed E-state index contributed by atoms with van der Waals surface area (Å²) in [6, 6.07) is 4.64. The third kappa shape index (κ3) is 3.57. The van der Waals surface area contributed by atoms with Crippen molar-refractivity contribution in [1.82, 2.24) is 4.90 Å². The van der Waals surface area contributed by atoms with Crippen molar-refractivity contribution in [2.75, 3.05) is 19.7 Å². The van der Waals surface area contributed by atoms with Gasteiger partial charge in [-0.3, -0.25) is 4.79 Å². The molecule has 17 heavy (non-hydrogen) atoms. The first-order chi connectivity index (χ1) is 8.10. The molecule has 0 atom stereocenters. The van der Waals surface area contributed by atoms with E-state index in [-0.39, 0.29) is 30.4 Å². The molecule has 1 aromatic rings. The topological polar surface area (TPSA) is 60.8 Å². The summed E-state index contributed by atoms with van der Waals surface area (Å²) in [6.45, 7) is 3.95. The number of phenolic OH excluding ortho intramolecular Hbond substituents is 1. The Bertz CT molecular complexity index is 420. The van der Waals surface area contributed by atoms with Gasteiger partial charge in [0.2, 0.25) is 0 Å². The molecular weight excluding hydrogens is 286 g/mol. The van der Waals surface area contributed by atoms with E-state index in [1.165, 1.54) is 11.0 Å². The highest BCUT2D eigenvalue weighted by molar-refractivity contribution is 9.10. The molecule has 1 rings (SSSR count). The lowest BCUT2D eigenvalue weighted by Crippen LogP contribution is -2.33. The summed E-state index contributed by atoms with van der Waals surface area (Å²) in [5.41, 5.74) is 0.203. The average molecular weight is 300 g/mol. The van der Waals surface area contributed by atoms with Crippen LogP contribution in [-0.4, -0.2) is 40.7 Å². The Labute approximate surface area is 108 Å². The Balaban J connectivity index is 2.99. The molecule has 1 aromatic carbocycles. The number of benzene rings is 1. The Morgan fingerprint density at radius 3 is 2.82 bits per heavy atom. The van der Waals surface area contributed by atoms with Crippen LogP contribution in [0.25, 0.3) is 0 Å². The average Bonchev–Trinajstić information content (AvgIpc) is 2.31. The molecule has 0 spiro atoms. The molecule has 0 heterocycles. The number of aromatic hydroxyl groups is 1. The highest BCUT2D eigenvalue weighted by Gasteiger charge is 2.17. The van der Waals surface area contributed by atoms with Gasteiger partial charge in [0.1, 0.15) is 5.75 Å². The molecule has 0 radical (unpaired) electrons. The van der Waals surface area contributed by atoms with Crippen molar-refractivity contribution < 1.29 is 15.0 Å². The quantitative estimate of drug-likeness (QED) is 0.815. The second-order valence-electron chi connectivity index (χ2n) is 3.42. The smallest absolute Gasteiger partial charge is 0.258 e. The van der Waals surface area contributed by atoms with Gasteiger partial charge in [0.05, 0.1) is 12.2 Å². The van der Waals surface area contributed by atoms with Crippen molar-refractivity contribution in [2.45, 2.75) is 0 Å². The van der Waals surface area contributed by atoms with E-state index in [2.05, 4.69) is 22.5 Å². The minimum atomic E-state index is -0.335. The fourth-order valence-corrected chi connectivity index (χ4v) is 1.76. The molecule has 0 saturated heterocycles. The van der Waals surface area contributed by atoms with Crippen molar-refractivity contribution in [1.29, 1.82) is 0 Å². The van der Waals surface area contributed by atoms with Crippen molar-refractivity contribution in [3.8, 4) is 5.75 Å². The first-order valence-electron chi connectivity index (χ1n) is 5.09. The van der Waals surface area contributed by atoms with Gasteiger partial charge in [0.15, 0.2) is 0 Å². The number of amides is 1. The van der Waals surface area contributed by atoms with Crippen LogP contribution in [0.5, 0.6) is 5.75 Å². The molecule has 0 saturated carbocycles. The number of rotatable bonds is 5. The number of carbonyl (C=O) groups is 1. The van der Waals surface area contributed by atoms with E-state index >= 15 is 0 Å². The van der Waals surface area contributed by atoms with E-state index in [9.17, 15) is 9.90 Å². The van der Waals surface area contributed by atoms with Crippen LogP contribution >= 0.6 is 15.9 Å². The van der Waals surface area contributed by atoms with Gasteiger partial charge in [-0.2, -0.15) is 0 Å². The van der Waals surface area contributed by atoms with Gasteiger partial charge in [-0.25, -0.2) is 0 Å². The van der Waals surface area contributed by atoms with Crippen LogP contribution in [0.2, 0.25) is 0 Å². The number of hydrogen-bond acceptors (Lipinski definition) is 3. The molecular formula is C12H14BrNO3. The summed E-state index contributed by atoms with van der Waals surface area (Å²) < 4.78 is 0.709. The van der Waals surface area contributed by atoms with Crippen LogP contribution in [0.3, 0.4) is 0 Å². The van der Waals surface area contributed by atoms with Crippen LogP contribution < -0.4 is 0 Å². The summed E-state index contributed by atoms with van der Waals surface area (Å²) in [7, 11) is 0. The van der Waals surface area contributed by atoms with Gasteiger partial charge >= 0.3 is 0 Å². The van der Waals surface area contributed by atoms with Crippen LogP contribution in [0.1, 0.15) is 10.4 Å². The normalized spacial score (nSPS) is 10.0. The van der Waals surface area contributed by atoms with Crippen LogP contribution in [0, 0.1) is 0 Å². The lowest BCUT2D eigenvalue weighted by molar-refractivity contribution is 0.0740. The van der Waals surface area contributed by atoms with Gasteiger partial charge in [-0.05, 0) is 18.2 Å². The number of halogens is 1. The van der Waals surface area contributed by atoms with E-state index < -0.39 is 0 Å². The van der Waals surface area contributed by atoms with Crippen LogP contribution in [0.4, 0.5) is 0 Å². The van der Waals surface area contributed by atoms with Crippen molar-refractivity contribution >= 4 is 21.8 Å². The number of aliphatic hydroxyl groups is 1. The fourth-order valence-electron chi connectivity index (χ4n) is 1.40. The first kappa shape index (κ1) is 13.7. The highest BCUT2D eigenvalue weighted by Crippen LogP contribution is 2.23. The standard InChI is InChI=1S/C12H14BrNO3/c1-2-5-14(6-7-15)12(17)10-8-9(13)3-4-11(10)16/h2-4,8,15-16H,1,5-7H2. The summed E-state index contributed by atoms with van der Waals surface area (Å²) in [6.07, 6.45) is 1.57. The predicted octanol–water partition coefficient (Wildman–Crippen LogP) is 1.78. The zero-order chi connectivity index (χ0) is 12.8. The Morgan fingerprint density at radius 2 is 2.24 bits per heavy atom. The Morgan fingerprint density at radius 1 is 1.53 bits per heavy atom. The lowest BCUT2D eigenvalue weighted by Gasteiger charge is -2.20. The van der Waals surface area contributed by atoms with E-state index in [4.69, 9.17) is 5.11 Å². The number of phenols is 1. The number of hydrogen-bond donors (Lipinski definition) is 2. The molecule has 5 heteroatoms. The summed E-state index contributed by atoms with van der Waals surface area (Å²) >= 11 is 3.24. The number of aliphatic hydroxyl groups excluding tert-OH is 1. The van der Waals surface area contributed by atoms with Crippen molar-refractivity contribution in [2.24, 2.45) is 0 Å². The molecule has 0 aliphatic carbocycles. The predicted molar refractivity (Wildman–Crippen MR) is 69.0 cm³/mol. The molecule has 2 N–H and O–H groups in total. The molecule has 92 valence electrons. The van der Waals surface area contributed by atoms with Gasteiger partial charge in [0.25, 0.3) is 5.91 Å². The summed E-state index contributed by atoms with van der Waals surface area (Å²) in [5.74, 6) is -0.414. The monoisotopic (exact) mass is 299 g/mol.